The van der Waals surface area contributed by atoms with Crippen LogP contribution in [0.25, 0.3) is 0 Å². The van der Waals surface area contributed by atoms with E-state index in [1.807, 2.05) is 27.7 Å². The molecule has 0 fully saturated rings. The van der Waals surface area contributed by atoms with Crippen molar-refractivity contribution in [1.82, 2.24) is 10.2 Å². The highest BCUT2D eigenvalue weighted by atomic mass is 19.1. The first kappa shape index (κ1) is 19.2. The van der Waals surface area contributed by atoms with Crippen LogP contribution in [0.15, 0.2) is 18.2 Å². The van der Waals surface area contributed by atoms with E-state index < -0.39 is 5.60 Å². The fourth-order valence-corrected chi connectivity index (χ4v) is 1.98. The van der Waals surface area contributed by atoms with Crippen LogP contribution in [0, 0.1) is 5.82 Å². The summed E-state index contributed by atoms with van der Waals surface area (Å²) in [7, 11) is 3.18. The van der Waals surface area contributed by atoms with Gasteiger partial charge in [0.25, 0.3) is 0 Å². The quantitative estimate of drug-likeness (QED) is 0.871. The van der Waals surface area contributed by atoms with Crippen molar-refractivity contribution >= 4 is 6.09 Å². The highest BCUT2D eigenvalue weighted by Crippen LogP contribution is 2.21. The summed E-state index contributed by atoms with van der Waals surface area (Å²) in [6, 6.07) is 4.61. The molecule has 1 aromatic carbocycles. The third-order valence-electron chi connectivity index (χ3n) is 3.28. The van der Waals surface area contributed by atoms with Gasteiger partial charge < -0.3 is 19.7 Å². The van der Waals surface area contributed by atoms with Gasteiger partial charge in [0.1, 0.15) is 17.2 Å². The Balaban J connectivity index is 2.47. The van der Waals surface area contributed by atoms with Gasteiger partial charge in [-0.3, -0.25) is 0 Å². The first-order valence-corrected chi connectivity index (χ1v) is 7.65. The molecule has 1 atom stereocenters. The molecule has 0 saturated heterocycles. The molecule has 23 heavy (non-hydrogen) atoms. The standard InChI is InChI=1S/C17H27FN2O3/c1-12(14-8-7-13(22-6)11-15(14)18)19-9-10-20(5)16(21)23-17(2,3)4/h7-8,11-12,19H,9-10H2,1-6H3. The topological polar surface area (TPSA) is 50.8 Å². The van der Waals surface area contributed by atoms with Crippen molar-refractivity contribution in [1.29, 1.82) is 0 Å². The molecular formula is C17H27FN2O3. The van der Waals surface area contributed by atoms with Crippen LogP contribution in [0.4, 0.5) is 9.18 Å². The lowest BCUT2D eigenvalue weighted by molar-refractivity contribution is 0.0299. The minimum Gasteiger partial charge on any atom is -0.497 e. The number of rotatable bonds is 6. The van der Waals surface area contributed by atoms with E-state index in [9.17, 15) is 9.18 Å². The lowest BCUT2D eigenvalue weighted by atomic mass is 10.1. The van der Waals surface area contributed by atoms with Gasteiger partial charge >= 0.3 is 6.09 Å². The zero-order chi connectivity index (χ0) is 17.6. The normalized spacial score (nSPS) is 12.7. The Morgan fingerprint density at radius 3 is 2.57 bits per heavy atom. The average Bonchev–Trinajstić information content (AvgIpc) is 2.44. The van der Waals surface area contributed by atoms with Crippen LogP contribution in [-0.2, 0) is 4.74 Å². The molecule has 1 unspecified atom stereocenters. The maximum absolute atomic E-state index is 14.0. The van der Waals surface area contributed by atoms with E-state index >= 15 is 0 Å². The Bertz CT molecular complexity index is 529. The lowest BCUT2D eigenvalue weighted by Gasteiger charge is -2.25. The van der Waals surface area contributed by atoms with Gasteiger partial charge in [-0.15, -0.1) is 0 Å². The fourth-order valence-electron chi connectivity index (χ4n) is 1.98. The maximum Gasteiger partial charge on any atom is 0.410 e. The number of ether oxygens (including phenoxy) is 2. The predicted molar refractivity (Wildman–Crippen MR) is 88.2 cm³/mol. The smallest absolute Gasteiger partial charge is 0.410 e. The minimum absolute atomic E-state index is 0.173. The Morgan fingerprint density at radius 2 is 2.04 bits per heavy atom. The predicted octanol–water partition coefficient (Wildman–Crippen LogP) is 3.35. The summed E-state index contributed by atoms with van der Waals surface area (Å²) in [5.74, 6) is 0.174. The molecule has 0 aliphatic heterocycles. The van der Waals surface area contributed by atoms with Gasteiger partial charge in [-0.25, -0.2) is 9.18 Å². The van der Waals surface area contributed by atoms with Crippen LogP contribution in [0.2, 0.25) is 0 Å². The molecule has 0 radical (unpaired) electrons. The van der Waals surface area contributed by atoms with Crippen LogP contribution in [0.3, 0.4) is 0 Å². The number of halogens is 1. The van der Waals surface area contributed by atoms with Crippen molar-refractivity contribution in [2.45, 2.75) is 39.3 Å². The molecule has 0 aromatic heterocycles. The monoisotopic (exact) mass is 326 g/mol. The Labute approximate surface area is 137 Å². The van der Waals surface area contributed by atoms with E-state index in [1.54, 1.807) is 19.2 Å². The number of amides is 1. The molecule has 0 heterocycles. The molecule has 6 heteroatoms. The third-order valence-corrected chi connectivity index (χ3v) is 3.28. The number of hydrogen-bond acceptors (Lipinski definition) is 4. The summed E-state index contributed by atoms with van der Waals surface area (Å²) >= 11 is 0. The first-order valence-electron chi connectivity index (χ1n) is 7.65. The van der Waals surface area contributed by atoms with Crippen LogP contribution >= 0.6 is 0 Å². The number of carbonyl (C=O) groups excluding carboxylic acids is 1. The zero-order valence-corrected chi connectivity index (χ0v) is 14.8. The van der Waals surface area contributed by atoms with Gasteiger partial charge in [0.05, 0.1) is 7.11 Å². The van der Waals surface area contributed by atoms with E-state index in [2.05, 4.69) is 5.32 Å². The van der Waals surface area contributed by atoms with Crippen molar-refractivity contribution in [3.8, 4) is 5.75 Å². The van der Waals surface area contributed by atoms with Gasteiger partial charge in [0.2, 0.25) is 0 Å². The number of methoxy groups -OCH3 is 1. The van der Waals surface area contributed by atoms with Gasteiger partial charge in [-0.2, -0.15) is 0 Å². The van der Waals surface area contributed by atoms with E-state index in [-0.39, 0.29) is 18.0 Å². The van der Waals surface area contributed by atoms with E-state index in [0.717, 1.165) is 0 Å². The Kier molecular flexibility index (Phi) is 6.81. The Morgan fingerprint density at radius 1 is 1.39 bits per heavy atom. The number of hydrogen-bond donors (Lipinski definition) is 1. The van der Waals surface area contributed by atoms with Crippen molar-refractivity contribution in [2.75, 3.05) is 27.2 Å². The fraction of sp³-hybridized carbons (Fsp3) is 0.588. The molecule has 0 bridgehead atoms. The maximum atomic E-state index is 14.0. The second-order valence-electron chi connectivity index (χ2n) is 6.47. The summed E-state index contributed by atoms with van der Waals surface area (Å²) in [6.45, 7) is 8.35. The second kappa shape index (κ2) is 8.15. The molecule has 0 aliphatic rings. The number of likely N-dealkylation sites (N-methyl/N-ethyl adjacent to an activating group) is 1. The lowest BCUT2D eigenvalue weighted by Crippen LogP contribution is -2.38. The number of carbonyl (C=O) groups is 1. The molecule has 130 valence electrons. The van der Waals surface area contributed by atoms with Crippen LogP contribution in [-0.4, -0.2) is 43.8 Å². The molecule has 1 rings (SSSR count). The number of benzene rings is 1. The molecular weight excluding hydrogens is 299 g/mol. The molecule has 1 amide bonds. The van der Waals surface area contributed by atoms with Gasteiger partial charge in [-0.05, 0) is 33.8 Å². The summed E-state index contributed by atoms with van der Waals surface area (Å²) in [5, 5.41) is 3.20. The molecule has 0 saturated carbocycles. The molecule has 1 N–H and O–H groups in total. The summed E-state index contributed by atoms with van der Waals surface area (Å²) in [6.07, 6.45) is -0.373. The van der Waals surface area contributed by atoms with Gasteiger partial charge in [0.15, 0.2) is 0 Å². The average molecular weight is 326 g/mol. The molecule has 1 aromatic rings. The SMILES string of the molecule is COc1ccc(C(C)NCCN(C)C(=O)OC(C)(C)C)c(F)c1. The van der Waals surface area contributed by atoms with Crippen molar-refractivity contribution < 1.29 is 18.7 Å². The van der Waals surface area contributed by atoms with Crippen LogP contribution < -0.4 is 10.1 Å². The van der Waals surface area contributed by atoms with E-state index in [0.29, 0.717) is 24.4 Å². The number of nitrogens with zero attached hydrogens (tertiary/aromatic N) is 1. The second-order valence-corrected chi connectivity index (χ2v) is 6.47. The molecule has 0 aliphatic carbocycles. The van der Waals surface area contributed by atoms with E-state index in [1.165, 1.54) is 18.1 Å². The van der Waals surface area contributed by atoms with Crippen molar-refractivity contribution in [3.63, 3.8) is 0 Å². The van der Waals surface area contributed by atoms with Gasteiger partial charge in [0, 0.05) is 37.8 Å². The number of nitrogens with one attached hydrogen (secondary N) is 1. The van der Waals surface area contributed by atoms with Crippen molar-refractivity contribution in [3.05, 3.63) is 29.6 Å². The highest BCUT2D eigenvalue weighted by Gasteiger charge is 2.19. The highest BCUT2D eigenvalue weighted by molar-refractivity contribution is 5.67. The molecule has 0 spiro atoms. The van der Waals surface area contributed by atoms with Crippen molar-refractivity contribution in [2.24, 2.45) is 0 Å². The largest absolute Gasteiger partial charge is 0.497 e. The summed E-state index contributed by atoms with van der Waals surface area (Å²) in [5.41, 5.74) is 0.0453. The van der Waals surface area contributed by atoms with Crippen LogP contribution in [0.1, 0.15) is 39.3 Å². The summed E-state index contributed by atoms with van der Waals surface area (Å²) < 4.78 is 24.2. The Hall–Kier alpha value is -1.82. The first-order chi connectivity index (χ1) is 10.6. The van der Waals surface area contributed by atoms with Gasteiger partial charge in [-0.1, -0.05) is 6.07 Å². The molecule has 5 nitrogen and oxygen atoms in total. The summed E-state index contributed by atoms with van der Waals surface area (Å²) in [4.78, 5) is 13.3. The zero-order valence-electron chi connectivity index (χ0n) is 14.8. The third kappa shape index (κ3) is 6.44. The minimum atomic E-state index is -0.516. The van der Waals surface area contributed by atoms with E-state index in [4.69, 9.17) is 9.47 Å². The van der Waals surface area contributed by atoms with Crippen LogP contribution in [0.5, 0.6) is 5.75 Å².